The first-order chi connectivity index (χ1) is 11.6. The number of anilines is 1. The van der Waals surface area contributed by atoms with Gasteiger partial charge < -0.3 is 15.6 Å². The molecule has 122 valence electrons. The molecule has 0 spiro atoms. The highest BCUT2D eigenvalue weighted by molar-refractivity contribution is 6.34. The van der Waals surface area contributed by atoms with Crippen LogP contribution in [0, 0.1) is 0 Å². The summed E-state index contributed by atoms with van der Waals surface area (Å²) < 4.78 is 0. The summed E-state index contributed by atoms with van der Waals surface area (Å²) in [6.07, 6.45) is 4.96. The van der Waals surface area contributed by atoms with Crippen molar-refractivity contribution in [2.45, 2.75) is 6.54 Å². The van der Waals surface area contributed by atoms with Crippen LogP contribution in [0.5, 0.6) is 0 Å². The van der Waals surface area contributed by atoms with Crippen LogP contribution in [0.2, 0.25) is 5.02 Å². The number of hydrogen-bond donors (Lipinski definition) is 3. The lowest BCUT2D eigenvalue weighted by atomic mass is 10.1. The number of nitrogens with zero attached hydrogens (tertiary/aromatic N) is 1. The highest BCUT2D eigenvalue weighted by atomic mass is 35.5. The van der Waals surface area contributed by atoms with Gasteiger partial charge in [0, 0.05) is 30.5 Å². The molecule has 7 heteroatoms. The van der Waals surface area contributed by atoms with Gasteiger partial charge in [-0.05, 0) is 41.3 Å². The van der Waals surface area contributed by atoms with Gasteiger partial charge in [-0.3, -0.25) is 14.6 Å². The van der Waals surface area contributed by atoms with E-state index in [-0.39, 0.29) is 18.0 Å². The maximum absolute atomic E-state index is 12.0. The first-order valence-electron chi connectivity index (χ1n) is 7.34. The molecule has 0 unspecified atom stereocenters. The molecule has 0 fully saturated rings. The molecule has 3 rings (SSSR count). The Hall–Kier alpha value is -2.70. The topological polar surface area (TPSA) is 86.9 Å². The van der Waals surface area contributed by atoms with E-state index in [0.29, 0.717) is 28.0 Å². The maximum Gasteiger partial charge on any atom is 0.255 e. The number of pyridine rings is 2. The number of aromatic amines is 1. The van der Waals surface area contributed by atoms with Gasteiger partial charge in [0.15, 0.2) is 0 Å². The smallest absolute Gasteiger partial charge is 0.255 e. The number of amides is 1. The Balaban J connectivity index is 1.65. The van der Waals surface area contributed by atoms with E-state index in [2.05, 4.69) is 20.6 Å². The summed E-state index contributed by atoms with van der Waals surface area (Å²) in [6.45, 7) is 0.711. The SMILES string of the molecule is O=C(CNCc1ccncc1)Nc1cc2cc[nH]c(=O)c2cc1Cl. The number of aromatic nitrogens is 2. The number of rotatable bonds is 5. The van der Waals surface area contributed by atoms with Gasteiger partial charge in [0.05, 0.1) is 17.3 Å². The van der Waals surface area contributed by atoms with Crippen molar-refractivity contribution in [2.24, 2.45) is 0 Å². The summed E-state index contributed by atoms with van der Waals surface area (Å²) >= 11 is 6.15. The molecule has 6 nitrogen and oxygen atoms in total. The molecule has 0 atom stereocenters. The van der Waals surface area contributed by atoms with Crippen LogP contribution in [0.4, 0.5) is 5.69 Å². The molecule has 2 aromatic heterocycles. The Morgan fingerprint density at radius 1 is 1.21 bits per heavy atom. The minimum absolute atomic E-state index is 0.145. The second-order valence-electron chi connectivity index (χ2n) is 5.23. The van der Waals surface area contributed by atoms with E-state index >= 15 is 0 Å². The van der Waals surface area contributed by atoms with E-state index in [1.54, 1.807) is 36.8 Å². The van der Waals surface area contributed by atoms with E-state index in [4.69, 9.17) is 11.6 Å². The lowest BCUT2D eigenvalue weighted by Gasteiger charge is -2.09. The second kappa shape index (κ2) is 7.25. The molecule has 0 bridgehead atoms. The van der Waals surface area contributed by atoms with Gasteiger partial charge >= 0.3 is 0 Å². The molecule has 1 aromatic carbocycles. The molecule has 2 heterocycles. The average Bonchev–Trinajstić information content (AvgIpc) is 2.57. The average molecular weight is 343 g/mol. The zero-order valence-corrected chi connectivity index (χ0v) is 13.4. The Kier molecular flexibility index (Phi) is 4.88. The number of hydrogen-bond acceptors (Lipinski definition) is 4. The predicted molar refractivity (Wildman–Crippen MR) is 94.2 cm³/mol. The number of nitrogens with one attached hydrogen (secondary N) is 3. The first-order valence-corrected chi connectivity index (χ1v) is 7.72. The van der Waals surface area contributed by atoms with Crippen molar-refractivity contribution in [3.8, 4) is 0 Å². The Bertz CT molecular complexity index is 925. The van der Waals surface area contributed by atoms with Crippen LogP contribution in [0.15, 0.2) is 53.7 Å². The van der Waals surface area contributed by atoms with Crippen LogP contribution in [0.25, 0.3) is 10.8 Å². The van der Waals surface area contributed by atoms with Gasteiger partial charge in [-0.15, -0.1) is 0 Å². The van der Waals surface area contributed by atoms with Crippen molar-refractivity contribution < 1.29 is 4.79 Å². The van der Waals surface area contributed by atoms with Crippen LogP contribution in [0.1, 0.15) is 5.56 Å². The molecule has 0 saturated heterocycles. The molecular weight excluding hydrogens is 328 g/mol. The van der Waals surface area contributed by atoms with Crippen LogP contribution in [0.3, 0.4) is 0 Å². The summed E-state index contributed by atoms with van der Waals surface area (Å²) in [4.78, 5) is 30.3. The van der Waals surface area contributed by atoms with Gasteiger partial charge in [-0.2, -0.15) is 0 Å². The number of benzene rings is 1. The van der Waals surface area contributed by atoms with E-state index in [9.17, 15) is 9.59 Å². The van der Waals surface area contributed by atoms with Crippen LogP contribution in [-0.2, 0) is 11.3 Å². The minimum Gasteiger partial charge on any atom is -0.329 e. The molecule has 3 aromatic rings. The fourth-order valence-corrected chi connectivity index (χ4v) is 2.53. The first kappa shape index (κ1) is 16.2. The standard InChI is InChI=1S/C17H15ClN4O2/c18-14-8-13-12(3-6-21-17(13)24)7-15(14)22-16(23)10-20-9-11-1-4-19-5-2-11/h1-8,20H,9-10H2,(H,21,24)(H,22,23). The van der Waals surface area contributed by atoms with Crippen molar-refractivity contribution in [1.82, 2.24) is 15.3 Å². The largest absolute Gasteiger partial charge is 0.329 e. The fraction of sp³-hybridized carbons (Fsp3) is 0.118. The van der Waals surface area contributed by atoms with Gasteiger partial charge in [0.1, 0.15) is 0 Å². The number of carbonyl (C=O) groups is 1. The van der Waals surface area contributed by atoms with Crippen molar-refractivity contribution in [2.75, 3.05) is 11.9 Å². The molecule has 0 aliphatic carbocycles. The van der Waals surface area contributed by atoms with Gasteiger partial charge in [0.2, 0.25) is 5.91 Å². The van der Waals surface area contributed by atoms with Gasteiger partial charge in [-0.25, -0.2) is 0 Å². The summed E-state index contributed by atoms with van der Waals surface area (Å²) in [5.74, 6) is -0.213. The van der Waals surface area contributed by atoms with Gasteiger partial charge in [0.25, 0.3) is 5.56 Å². The summed E-state index contributed by atoms with van der Waals surface area (Å²) in [6, 6.07) is 8.75. The third kappa shape index (κ3) is 3.79. The zero-order chi connectivity index (χ0) is 16.9. The van der Waals surface area contributed by atoms with E-state index in [1.165, 1.54) is 0 Å². The summed E-state index contributed by atoms with van der Waals surface area (Å²) in [5, 5.41) is 7.31. The zero-order valence-electron chi connectivity index (χ0n) is 12.7. The van der Waals surface area contributed by atoms with Crippen molar-refractivity contribution in [3.63, 3.8) is 0 Å². The molecule has 0 radical (unpaired) electrons. The van der Waals surface area contributed by atoms with Gasteiger partial charge in [-0.1, -0.05) is 11.6 Å². The minimum atomic E-state index is -0.216. The highest BCUT2D eigenvalue weighted by Gasteiger charge is 2.09. The normalized spacial score (nSPS) is 10.7. The fourth-order valence-electron chi connectivity index (χ4n) is 2.32. The van der Waals surface area contributed by atoms with E-state index < -0.39 is 0 Å². The summed E-state index contributed by atoms with van der Waals surface area (Å²) in [5.41, 5.74) is 1.30. The van der Waals surface area contributed by atoms with Crippen LogP contribution < -0.4 is 16.2 Å². The number of carbonyl (C=O) groups excluding carboxylic acids is 1. The highest BCUT2D eigenvalue weighted by Crippen LogP contribution is 2.26. The second-order valence-corrected chi connectivity index (χ2v) is 5.64. The third-order valence-corrected chi connectivity index (χ3v) is 3.81. The quantitative estimate of drug-likeness (QED) is 0.664. The van der Waals surface area contributed by atoms with Crippen LogP contribution >= 0.6 is 11.6 Å². The third-order valence-electron chi connectivity index (χ3n) is 3.50. The van der Waals surface area contributed by atoms with Crippen molar-refractivity contribution in [3.05, 3.63) is 69.9 Å². The van der Waals surface area contributed by atoms with E-state index in [0.717, 1.165) is 5.56 Å². The molecule has 1 amide bonds. The molecule has 3 N–H and O–H groups in total. The molecule has 0 aliphatic rings. The van der Waals surface area contributed by atoms with E-state index in [1.807, 2.05) is 12.1 Å². The van der Waals surface area contributed by atoms with Crippen molar-refractivity contribution in [1.29, 1.82) is 0 Å². The Labute approximate surface area is 142 Å². The lowest BCUT2D eigenvalue weighted by molar-refractivity contribution is -0.115. The monoisotopic (exact) mass is 342 g/mol. The van der Waals surface area contributed by atoms with Crippen LogP contribution in [-0.4, -0.2) is 22.4 Å². The van der Waals surface area contributed by atoms with Crippen molar-refractivity contribution >= 4 is 34.0 Å². The summed E-state index contributed by atoms with van der Waals surface area (Å²) in [7, 11) is 0. The Morgan fingerprint density at radius 2 is 2.00 bits per heavy atom. The number of fused-ring (bicyclic) bond motifs is 1. The molecule has 0 saturated carbocycles. The predicted octanol–water partition coefficient (Wildman–Crippen LogP) is 2.30. The lowest BCUT2D eigenvalue weighted by Crippen LogP contribution is -2.27. The molecular formula is C17H15ClN4O2. The molecule has 0 aliphatic heterocycles. The molecule has 24 heavy (non-hydrogen) atoms. The number of halogens is 1. The number of H-pyrrole nitrogens is 1. The maximum atomic E-state index is 12.0. The Morgan fingerprint density at radius 3 is 2.79 bits per heavy atom.